The topological polar surface area (TPSA) is 99.3 Å². The summed E-state index contributed by atoms with van der Waals surface area (Å²) in [5.41, 5.74) is -0.338. The molecule has 0 aromatic carbocycles. The van der Waals surface area contributed by atoms with E-state index in [0.717, 1.165) is 0 Å². The van der Waals surface area contributed by atoms with Gasteiger partial charge in [-0.05, 0) is 31.7 Å². The fourth-order valence-electron chi connectivity index (χ4n) is 2.04. The van der Waals surface area contributed by atoms with E-state index in [0.29, 0.717) is 25.7 Å². The Morgan fingerprint density at radius 2 is 1.89 bits per heavy atom. The molecule has 1 aromatic heterocycles. The minimum atomic E-state index is -3.60. The van der Waals surface area contributed by atoms with Crippen LogP contribution in [0, 0.1) is 0 Å². The van der Waals surface area contributed by atoms with Crippen molar-refractivity contribution in [2.75, 3.05) is 0 Å². The highest BCUT2D eigenvalue weighted by molar-refractivity contribution is 7.89. The van der Waals surface area contributed by atoms with E-state index in [4.69, 9.17) is 0 Å². The van der Waals surface area contributed by atoms with Crippen LogP contribution < -0.4 is 10.3 Å². The van der Waals surface area contributed by atoms with Crippen LogP contribution in [0.25, 0.3) is 0 Å². The Balaban J connectivity index is 2.08. The first-order valence-electron chi connectivity index (χ1n) is 5.86. The Morgan fingerprint density at radius 3 is 2.44 bits per heavy atom. The van der Waals surface area contributed by atoms with Gasteiger partial charge in [0.1, 0.15) is 0 Å². The van der Waals surface area contributed by atoms with Crippen molar-refractivity contribution in [3.8, 4) is 0 Å². The molecule has 1 heterocycles. The zero-order valence-corrected chi connectivity index (χ0v) is 10.6. The van der Waals surface area contributed by atoms with E-state index < -0.39 is 10.0 Å². The van der Waals surface area contributed by atoms with Gasteiger partial charge >= 0.3 is 0 Å². The van der Waals surface area contributed by atoms with Gasteiger partial charge in [-0.25, -0.2) is 13.1 Å². The normalized spacial score (nSPS) is 24.9. The van der Waals surface area contributed by atoms with Gasteiger partial charge in [-0.2, -0.15) is 0 Å². The number of sulfonamides is 1. The van der Waals surface area contributed by atoms with Crippen molar-refractivity contribution in [3.63, 3.8) is 0 Å². The lowest BCUT2D eigenvalue weighted by Crippen LogP contribution is -2.38. The Hall–Kier alpha value is -1.18. The van der Waals surface area contributed by atoms with Crippen LogP contribution in [0.5, 0.6) is 0 Å². The fourth-order valence-corrected chi connectivity index (χ4v) is 3.32. The van der Waals surface area contributed by atoms with E-state index in [1.165, 1.54) is 18.3 Å². The summed E-state index contributed by atoms with van der Waals surface area (Å²) in [4.78, 5) is 13.3. The molecular weight excluding hydrogens is 256 g/mol. The molecule has 0 bridgehead atoms. The molecule has 0 atom stereocenters. The lowest BCUT2D eigenvalue weighted by Gasteiger charge is -2.25. The molecule has 1 saturated carbocycles. The van der Waals surface area contributed by atoms with Crippen LogP contribution in [0.15, 0.2) is 28.0 Å². The molecule has 1 fully saturated rings. The third kappa shape index (κ3) is 3.18. The molecule has 0 spiro atoms. The number of rotatable bonds is 3. The third-order valence-electron chi connectivity index (χ3n) is 3.08. The van der Waals surface area contributed by atoms with Gasteiger partial charge in [-0.15, -0.1) is 0 Å². The second-order valence-electron chi connectivity index (χ2n) is 4.52. The molecule has 1 aliphatic rings. The predicted octanol–water partition coefficient (Wildman–Crippen LogP) is -0.0433. The zero-order valence-electron chi connectivity index (χ0n) is 9.80. The number of H-pyrrole nitrogens is 1. The number of aromatic amines is 1. The molecular formula is C11H16N2O4S. The maximum atomic E-state index is 12.0. The summed E-state index contributed by atoms with van der Waals surface area (Å²) in [5, 5.41) is 9.36. The standard InChI is InChI=1S/C11H16N2O4S/c14-9-3-1-8(2-4-9)13-18(16,17)10-5-6-11(15)12-7-10/h5-9,13-14H,1-4H2,(H,12,15). The second-order valence-corrected chi connectivity index (χ2v) is 6.23. The Kier molecular flexibility index (Phi) is 3.84. The van der Waals surface area contributed by atoms with E-state index in [1.807, 2.05) is 0 Å². The van der Waals surface area contributed by atoms with Crippen molar-refractivity contribution in [1.82, 2.24) is 9.71 Å². The highest BCUT2D eigenvalue weighted by Gasteiger charge is 2.24. The van der Waals surface area contributed by atoms with Crippen LogP contribution in [0.1, 0.15) is 25.7 Å². The van der Waals surface area contributed by atoms with Gasteiger partial charge in [-0.1, -0.05) is 0 Å². The van der Waals surface area contributed by atoms with Crippen LogP contribution in [-0.4, -0.2) is 30.7 Å². The Morgan fingerprint density at radius 1 is 1.22 bits per heavy atom. The Bertz CT molecular complexity index is 538. The first-order valence-corrected chi connectivity index (χ1v) is 7.35. The van der Waals surface area contributed by atoms with Crippen molar-refractivity contribution >= 4 is 10.0 Å². The molecule has 18 heavy (non-hydrogen) atoms. The lowest BCUT2D eigenvalue weighted by molar-refractivity contribution is 0.120. The van der Waals surface area contributed by atoms with Crippen molar-refractivity contribution < 1.29 is 13.5 Å². The predicted molar refractivity (Wildman–Crippen MR) is 65.6 cm³/mol. The van der Waals surface area contributed by atoms with Gasteiger partial charge in [-0.3, -0.25) is 4.79 Å². The molecule has 0 unspecified atom stereocenters. The largest absolute Gasteiger partial charge is 0.393 e. The van der Waals surface area contributed by atoms with Gasteiger partial charge in [0.25, 0.3) is 0 Å². The maximum absolute atomic E-state index is 12.0. The molecule has 3 N–H and O–H groups in total. The number of nitrogens with one attached hydrogen (secondary N) is 2. The smallest absolute Gasteiger partial charge is 0.247 e. The molecule has 0 radical (unpaired) electrons. The zero-order chi connectivity index (χ0) is 13.2. The highest BCUT2D eigenvalue weighted by atomic mass is 32.2. The molecule has 0 aliphatic heterocycles. The maximum Gasteiger partial charge on any atom is 0.247 e. The van der Waals surface area contributed by atoms with Crippen LogP contribution in [0.3, 0.4) is 0 Å². The quantitative estimate of drug-likeness (QED) is 0.718. The SMILES string of the molecule is O=c1ccc(S(=O)(=O)NC2CCC(O)CC2)c[nH]1. The number of pyridine rings is 1. The van der Waals surface area contributed by atoms with Crippen molar-refractivity contribution in [1.29, 1.82) is 0 Å². The van der Waals surface area contributed by atoms with Crippen LogP contribution in [0.2, 0.25) is 0 Å². The number of aliphatic hydroxyl groups excluding tert-OH is 1. The second kappa shape index (κ2) is 5.21. The van der Waals surface area contributed by atoms with Crippen molar-refractivity contribution in [2.24, 2.45) is 0 Å². The summed E-state index contributed by atoms with van der Waals surface area (Å²) in [5.74, 6) is 0. The summed E-state index contributed by atoms with van der Waals surface area (Å²) < 4.78 is 26.6. The summed E-state index contributed by atoms with van der Waals surface area (Å²) in [6, 6.07) is 2.31. The van der Waals surface area contributed by atoms with Crippen LogP contribution in [0.4, 0.5) is 0 Å². The first-order chi connectivity index (χ1) is 8.47. The molecule has 100 valence electrons. The molecule has 2 rings (SSSR count). The monoisotopic (exact) mass is 272 g/mol. The van der Waals surface area contributed by atoms with E-state index in [1.54, 1.807) is 0 Å². The number of hydrogen-bond acceptors (Lipinski definition) is 4. The molecule has 7 heteroatoms. The van der Waals surface area contributed by atoms with E-state index in [9.17, 15) is 18.3 Å². The molecule has 6 nitrogen and oxygen atoms in total. The summed E-state index contributed by atoms with van der Waals surface area (Å²) in [6.07, 6.45) is 3.34. The van der Waals surface area contributed by atoms with Gasteiger partial charge in [0.15, 0.2) is 0 Å². The van der Waals surface area contributed by atoms with Gasteiger partial charge in [0.05, 0.1) is 11.0 Å². The van der Waals surface area contributed by atoms with Crippen molar-refractivity contribution in [3.05, 3.63) is 28.7 Å². The van der Waals surface area contributed by atoms with Gasteiger partial charge in [0.2, 0.25) is 15.6 Å². The fraction of sp³-hybridized carbons (Fsp3) is 0.545. The van der Waals surface area contributed by atoms with E-state index in [-0.39, 0.29) is 22.6 Å². The summed E-state index contributed by atoms with van der Waals surface area (Å²) in [6.45, 7) is 0. The number of aliphatic hydroxyl groups is 1. The van der Waals surface area contributed by atoms with Crippen molar-refractivity contribution in [2.45, 2.75) is 42.7 Å². The molecule has 1 aliphatic carbocycles. The third-order valence-corrected chi connectivity index (χ3v) is 4.60. The number of hydrogen-bond donors (Lipinski definition) is 3. The van der Waals surface area contributed by atoms with E-state index in [2.05, 4.69) is 9.71 Å². The summed E-state index contributed by atoms with van der Waals surface area (Å²) in [7, 11) is -3.60. The summed E-state index contributed by atoms with van der Waals surface area (Å²) >= 11 is 0. The van der Waals surface area contributed by atoms with Gasteiger partial charge < -0.3 is 10.1 Å². The van der Waals surface area contributed by atoms with Gasteiger partial charge in [0, 0.05) is 18.3 Å². The lowest BCUT2D eigenvalue weighted by atomic mass is 9.94. The average molecular weight is 272 g/mol. The average Bonchev–Trinajstić information content (AvgIpc) is 2.32. The number of aromatic nitrogens is 1. The van der Waals surface area contributed by atoms with Crippen LogP contribution >= 0.6 is 0 Å². The minimum absolute atomic E-state index is 0.0493. The highest BCUT2D eigenvalue weighted by Crippen LogP contribution is 2.20. The Labute approximate surface area is 105 Å². The molecule has 0 saturated heterocycles. The minimum Gasteiger partial charge on any atom is -0.393 e. The first kappa shape index (κ1) is 13.3. The van der Waals surface area contributed by atoms with E-state index >= 15 is 0 Å². The molecule has 0 amide bonds. The molecule has 1 aromatic rings. The van der Waals surface area contributed by atoms with Crippen LogP contribution in [-0.2, 0) is 10.0 Å².